The van der Waals surface area contributed by atoms with Gasteiger partial charge in [0.1, 0.15) is 0 Å². The van der Waals surface area contributed by atoms with Crippen LogP contribution in [0.2, 0.25) is 0 Å². The molecule has 0 radical (unpaired) electrons. The average molecular weight is 354 g/mol. The monoisotopic (exact) mass is 353 g/mol. The van der Waals surface area contributed by atoms with Crippen LogP contribution in [-0.2, 0) is 11.2 Å². The van der Waals surface area contributed by atoms with Gasteiger partial charge in [0.05, 0.1) is 17.2 Å². The second kappa shape index (κ2) is 7.52. The van der Waals surface area contributed by atoms with Crippen LogP contribution in [-0.4, -0.2) is 24.0 Å². The fourth-order valence-electron chi connectivity index (χ4n) is 1.71. The summed E-state index contributed by atoms with van der Waals surface area (Å²) in [6.07, 6.45) is 0.842. The molecule has 20 heavy (non-hydrogen) atoms. The minimum absolute atomic E-state index is 0.0439. The molecule has 0 aliphatic heterocycles. The smallest absolute Gasteiger partial charge is 0.238 e. The summed E-state index contributed by atoms with van der Waals surface area (Å²) < 4.78 is 0.946. The van der Waals surface area contributed by atoms with E-state index in [2.05, 4.69) is 36.9 Å². The second-order valence-electron chi connectivity index (χ2n) is 4.34. The van der Waals surface area contributed by atoms with E-state index in [-0.39, 0.29) is 5.91 Å². The highest BCUT2D eigenvalue weighted by molar-refractivity contribution is 9.10. The van der Waals surface area contributed by atoms with Crippen LogP contribution in [0.5, 0.6) is 0 Å². The van der Waals surface area contributed by atoms with Crippen LogP contribution in [0.25, 0.3) is 0 Å². The van der Waals surface area contributed by atoms with Crippen molar-refractivity contribution in [3.63, 3.8) is 0 Å². The fraction of sp³-hybridized carbons (Fsp3) is 0.286. The Morgan fingerprint density at radius 3 is 3.00 bits per heavy atom. The average Bonchev–Trinajstić information content (AvgIpc) is 2.80. The molecule has 106 valence electrons. The first kappa shape index (κ1) is 15.2. The van der Waals surface area contributed by atoms with Crippen LogP contribution in [0.4, 0.5) is 5.69 Å². The zero-order valence-corrected chi connectivity index (χ0v) is 13.6. The first-order valence-electron chi connectivity index (χ1n) is 6.30. The van der Waals surface area contributed by atoms with E-state index in [4.69, 9.17) is 0 Å². The predicted octanol–water partition coefficient (Wildman–Crippen LogP) is 2.98. The minimum Gasteiger partial charge on any atom is -0.325 e. The molecular weight excluding hydrogens is 338 g/mol. The summed E-state index contributed by atoms with van der Waals surface area (Å²) in [7, 11) is 0. The number of nitrogens with one attached hydrogen (secondary N) is 2. The van der Waals surface area contributed by atoms with E-state index in [9.17, 15) is 4.79 Å². The van der Waals surface area contributed by atoms with E-state index in [0.717, 1.165) is 33.8 Å². The van der Waals surface area contributed by atoms with Gasteiger partial charge >= 0.3 is 0 Å². The van der Waals surface area contributed by atoms with Gasteiger partial charge in [-0.3, -0.25) is 4.79 Å². The van der Waals surface area contributed by atoms with Gasteiger partial charge in [-0.05, 0) is 25.1 Å². The number of rotatable bonds is 6. The molecule has 1 aromatic carbocycles. The Kier molecular flexibility index (Phi) is 5.70. The lowest BCUT2D eigenvalue weighted by molar-refractivity contribution is -0.115. The molecule has 2 aromatic rings. The van der Waals surface area contributed by atoms with Crippen molar-refractivity contribution in [3.05, 3.63) is 44.8 Å². The number of anilines is 1. The number of aryl methyl sites for hydroxylation is 1. The molecule has 1 heterocycles. The number of aromatic nitrogens is 1. The lowest BCUT2D eigenvalue weighted by Crippen LogP contribution is -2.29. The molecule has 0 aliphatic carbocycles. The summed E-state index contributed by atoms with van der Waals surface area (Å²) in [6.45, 7) is 3.04. The number of carbonyl (C=O) groups excluding carboxylic acids is 1. The molecule has 2 N–H and O–H groups in total. The zero-order valence-electron chi connectivity index (χ0n) is 11.1. The predicted molar refractivity (Wildman–Crippen MR) is 86.2 cm³/mol. The highest BCUT2D eigenvalue weighted by Crippen LogP contribution is 2.15. The maximum atomic E-state index is 11.7. The number of benzene rings is 1. The summed E-state index contributed by atoms with van der Waals surface area (Å²) in [5.41, 5.74) is 1.87. The number of nitrogens with zero attached hydrogens (tertiary/aromatic N) is 1. The van der Waals surface area contributed by atoms with Crippen molar-refractivity contribution in [1.82, 2.24) is 10.3 Å². The van der Waals surface area contributed by atoms with Crippen molar-refractivity contribution in [1.29, 1.82) is 0 Å². The summed E-state index contributed by atoms with van der Waals surface area (Å²) in [4.78, 5) is 16.1. The molecule has 1 aromatic heterocycles. The standard InChI is InChI=1S/C14H16BrN3OS/c1-10-17-13(9-20-10)5-6-16-8-14(19)18-12-4-2-3-11(15)7-12/h2-4,7,9,16H,5-6,8H2,1H3,(H,18,19). The van der Waals surface area contributed by atoms with Crippen molar-refractivity contribution in [2.24, 2.45) is 0 Å². The molecule has 0 saturated heterocycles. The van der Waals surface area contributed by atoms with Gasteiger partial charge in [0, 0.05) is 28.5 Å². The summed E-state index contributed by atoms with van der Waals surface area (Å²) in [6, 6.07) is 7.54. The van der Waals surface area contributed by atoms with Crippen LogP contribution in [0.3, 0.4) is 0 Å². The van der Waals surface area contributed by atoms with E-state index < -0.39 is 0 Å². The van der Waals surface area contributed by atoms with Crippen molar-refractivity contribution in [3.8, 4) is 0 Å². The molecule has 0 atom stereocenters. The molecule has 1 amide bonds. The fourth-order valence-corrected chi connectivity index (χ4v) is 2.76. The largest absolute Gasteiger partial charge is 0.325 e. The second-order valence-corrected chi connectivity index (χ2v) is 6.32. The van der Waals surface area contributed by atoms with Gasteiger partial charge in [-0.1, -0.05) is 22.0 Å². The van der Waals surface area contributed by atoms with Crippen LogP contribution >= 0.6 is 27.3 Å². The molecule has 0 fully saturated rings. The van der Waals surface area contributed by atoms with E-state index in [1.165, 1.54) is 0 Å². The lowest BCUT2D eigenvalue weighted by Gasteiger charge is -2.06. The van der Waals surface area contributed by atoms with Gasteiger partial charge in [0.15, 0.2) is 0 Å². The van der Waals surface area contributed by atoms with E-state index in [1.807, 2.05) is 31.2 Å². The summed E-state index contributed by atoms with van der Waals surface area (Å²) in [5, 5.41) is 9.09. The highest BCUT2D eigenvalue weighted by atomic mass is 79.9. The maximum absolute atomic E-state index is 11.7. The Bertz CT molecular complexity index is 585. The third kappa shape index (κ3) is 5.03. The third-order valence-electron chi connectivity index (χ3n) is 2.62. The number of carbonyl (C=O) groups is 1. The molecule has 0 spiro atoms. The van der Waals surface area contributed by atoms with Crippen molar-refractivity contribution < 1.29 is 4.79 Å². The first-order chi connectivity index (χ1) is 9.63. The van der Waals surface area contributed by atoms with Gasteiger partial charge in [0.2, 0.25) is 5.91 Å². The van der Waals surface area contributed by atoms with Crippen molar-refractivity contribution in [2.45, 2.75) is 13.3 Å². The van der Waals surface area contributed by atoms with Gasteiger partial charge in [-0.15, -0.1) is 11.3 Å². The van der Waals surface area contributed by atoms with Gasteiger partial charge in [-0.2, -0.15) is 0 Å². The number of halogens is 1. The Morgan fingerprint density at radius 1 is 1.45 bits per heavy atom. The molecule has 2 rings (SSSR count). The number of hydrogen-bond acceptors (Lipinski definition) is 4. The molecule has 0 bridgehead atoms. The zero-order chi connectivity index (χ0) is 14.4. The van der Waals surface area contributed by atoms with Crippen molar-refractivity contribution >= 4 is 38.9 Å². The van der Waals surface area contributed by atoms with Crippen LogP contribution in [0.15, 0.2) is 34.1 Å². The quantitative estimate of drug-likeness (QED) is 0.785. The van der Waals surface area contributed by atoms with Crippen LogP contribution in [0.1, 0.15) is 10.7 Å². The van der Waals surface area contributed by atoms with Gasteiger partial charge < -0.3 is 10.6 Å². The Labute approximate surface area is 130 Å². The van der Waals surface area contributed by atoms with Gasteiger partial charge in [0.25, 0.3) is 0 Å². The molecule has 4 nitrogen and oxygen atoms in total. The van der Waals surface area contributed by atoms with Crippen LogP contribution < -0.4 is 10.6 Å². The molecule has 6 heteroatoms. The molecule has 0 aliphatic rings. The normalized spacial score (nSPS) is 10.5. The minimum atomic E-state index is -0.0439. The molecular formula is C14H16BrN3OS. The maximum Gasteiger partial charge on any atom is 0.238 e. The van der Waals surface area contributed by atoms with E-state index in [1.54, 1.807) is 11.3 Å². The van der Waals surface area contributed by atoms with Gasteiger partial charge in [-0.25, -0.2) is 4.98 Å². The Hall–Kier alpha value is -1.24. The number of amides is 1. The van der Waals surface area contributed by atoms with Crippen LogP contribution in [0, 0.1) is 6.92 Å². The topological polar surface area (TPSA) is 54.0 Å². The molecule has 0 saturated carbocycles. The summed E-state index contributed by atoms with van der Waals surface area (Å²) in [5.74, 6) is -0.0439. The Balaban J connectivity index is 1.67. The lowest BCUT2D eigenvalue weighted by atomic mass is 10.3. The number of hydrogen-bond donors (Lipinski definition) is 2. The van der Waals surface area contributed by atoms with E-state index >= 15 is 0 Å². The Morgan fingerprint density at radius 2 is 2.30 bits per heavy atom. The third-order valence-corrected chi connectivity index (χ3v) is 3.93. The highest BCUT2D eigenvalue weighted by Gasteiger charge is 2.03. The van der Waals surface area contributed by atoms with E-state index in [0.29, 0.717) is 6.54 Å². The SMILES string of the molecule is Cc1nc(CCNCC(=O)Nc2cccc(Br)c2)cs1. The summed E-state index contributed by atoms with van der Waals surface area (Å²) >= 11 is 5.02. The molecule has 0 unspecified atom stereocenters. The first-order valence-corrected chi connectivity index (χ1v) is 7.98. The number of thiazole rings is 1. The van der Waals surface area contributed by atoms with Crippen molar-refractivity contribution in [2.75, 3.05) is 18.4 Å².